The summed E-state index contributed by atoms with van der Waals surface area (Å²) in [5.41, 5.74) is 4.87. The molecule has 0 aromatic rings. The van der Waals surface area contributed by atoms with Crippen LogP contribution in [0, 0.1) is 5.92 Å². The Bertz CT molecular complexity index is 250. The summed E-state index contributed by atoms with van der Waals surface area (Å²) < 4.78 is 0. The van der Waals surface area contributed by atoms with Gasteiger partial charge in [0, 0.05) is 6.42 Å². The van der Waals surface area contributed by atoms with Crippen LogP contribution in [-0.2, 0) is 9.59 Å². The molecule has 0 aromatic carbocycles. The summed E-state index contributed by atoms with van der Waals surface area (Å²) in [5.74, 6) is -0.454. The van der Waals surface area contributed by atoms with Crippen LogP contribution in [0.4, 0.5) is 0 Å². The minimum atomic E-state index is -1.28. The third kappa shape index (κ3) is 4.61. The molecular weight excluding hydrogens is 208 g/mol. The van der Waals surface area contributed by atoms with Crippen molar-refractivity contribution in [2.24, 2.45) is 11.7 Å². The van der Waals surface area contributed by atoms with Crippen molar-refractivity contribution in [3.8, 4) is 0 Å². The first kappa shape index (κ1) is 13.0. The van der Waals surface area contributed by atoms with Gasteiger partial charge in [-0.2, -0.15) is 0 Å². The van der Waals surface area contributed by atoms with Crippen molar-refractivity contribution in [2.45, 2.75) is 44.6 Å². The molecule has 0 aromatic heterocycles. The molecule has 1 unspecified atom stereocenters. The number of primary amides is 1. The number of hydrogen-bond donors (Lipinski definition) is 3. The number of carbonyl (C=O) groups excluding carboxylic acids is 2. The Balaban J connectivity index is 2.17. The monoisotopic (exact) mass is 228 g/mol. The number of rotatable bonds is 5. The smallest absolute Gasteiger partial charge is 0.248 e. The predicted molar refractivity (Wildman–Crippen MR) is 59.4 cm³/mol. The average Bonchev–Trinajstić information content (AvgIpc) is 2.27. The third-order valence-electron chi connectivity index (χ3n) is 3.02. The van der Waals surface area contributed by atoms with E-state index in [2.05, 4.69) is 5.32 Å². The second kappa shape index (κ2) is 6.48. The molecule has 1 fully saturated rings. The highest BCUT2D eigenvalue weighted by molar-refractivity contribution is 5.81. The lowest BCUT2D eigenvalue weighted by Crippen LogP contribution is -2.40. The maximum absolute atomic E-state index is 11.5. The summed E-state index contributed by atoms with van der Waals surface area (Å²) >= 11 is 0. The average molecular weight is 228 g/mol. The lowest BCUT2D eigenvalue weighted by Gasteiger charge is -2.21. The zero-order valence-electron chi connectivity index (χ0n) is 9.45. The molecule has 1 aliphatic rings. The van der Waals surface area contributed by atoms with E-state index in [9.17, 15) is 9.59 Å². The van der Waals surface area contributed by atoms with Crippen LogP contribution in [-0.4, -0.2) is 29.6 Å². The highest BCUT2D eigenvalue weighted by atomic mass is 16.3. The standard InChI is InChI=1S/C11H20N2O3/c12-11(16)9(14)7-13-10(15)6-8-4-2-1-3-5-8/h8-9,14H,1-7H2,(H2,12,16)(H,13,15). The van der Waals surface area contributed by atoms with E-state index in [0.29, 0.717) is 12.3 Å². The van der Waals surface area contributed by atoms with Crippen molar-refractivity contribution in [3.05, 3.63) is 0 Å². The number of aliphatic hydroxyl groups excluding tert-OH is 1. The lowest BCUT2D eigenvalue weighted by atomic mass is 9.87. The van der Waals surface area contributed by atoms with E-state index < -0.39 is 12.0 Å². The van der Waals surface area contributed by atoms with Crippen LogP contribution in [0.15, 0.2) is 0 Å². The molecule has 0 heterocycles. The van der Waals surface area contributed by atoms with Gasteiger partial charge in [0.2, 0.25) is 11.8 Å². The molecule has 1 atom stereocenters. The van der Waals surface area contributed by atoms with Crippen LogP contribution in [0.5, 0.6) is 0 Å². The Morgan fingerprint density at radius 1 is 1.31 bits per heavy atom. The number of carbonyl (C=O) groups is 2. The van der Waals surface area contributed by atoms with Gasteiger partial charge >= 0.3 is 0 Å². The van der Waals surface area contributed by atoms with Crippen molar-refractivity contribution in [1.82, 2.24) is 5.32 Å². The Kier molecular flexibility index (Phi) is 5.25. The quantitative estimate of drug-likeness (QED) is 0.614. The summed E-state index contributed by atoms with van der Waals surface area (Å²) in [5, 5.41) is 11.6. The van der Waals surface area contributed by atoms with Gasteiger partial charge in [-0.15, -0.1) is 0 Å². The van der Waals surface area contributed by atoms with Crippen molar-refractivity contribution in [3.63, 3.8) is 0 Å². The number of nitrogens with one attached hydrogen (secondary N) is 1. The molecule has 0 radical (unpaired) electrons. The van der Waals surface area contributed by atoms with Gasteiger partial charge < -0.3 is 16.2 Å². The Labute approximate surface area is 95.4 Å². The summed E-state index contributed by atoms with van der Waals surface area (Å²) in [4.78, 5) is 22.0. The normalized spacial score (nSPS) is 19.1. The maximum atomic E-state index is 11.5. The van der Waals surface area contributed by atoms with Crippen LogP contribution < -0.4 is 11.1 Å². The van der Waals surface area contributed by atoms with Gasteiger partial charge in [-0.05, 0) is 18.8 Å². The van der Waals surface area contributed by atoms with Gasteiger partial charge in [0.1, 0.15) is 6.10 Å². The SMILES string of the molecule is NC(=O)C(O)CNC(=O)CC1CCCCC1. The molecular formula is C11H20N2O3. The van der Waals surface area contributed by atoms with E-state index >= 15 is 0 Å². The van der Waals surface area contributed by atoms with Crippen LogP contribution in [0.3, 0.4) is 0 Å². The van der Waals surface area contributed by atoms with Crippen molar-refractivity contribution in [1.29, 1.82) is 0 Å². The van der Waals surface area contributed by atoms with Crippen LogP contribution >= 0.6 is 0 Å². The predicted octanol–water partition coefficient (Wildman–Crippen LogP) is -0.0808. The minimum Gasteiger partial charge on any atom is -0.381 e. The van der Waals surface area contributed by atoms with Gasteiger partial charge in [0.15, 0.2) is 0 Å². The molecule has 0 saturated heterocycles. The van der Waals surface area contributed by atoms with Gasteiger partial charge in [0.25, 0.3) is 0 Å². The second-order valence-corrected chi connectivity index (χ2v) is 4.43. The van der Waals surface area contributed by atoms with Crippen LogP contribution in [0.1, 0.15) is 38.5 Å². The summed E-state index contributed by atoms with van der Waals surface area (Å²) in [6.45, 7) is -0.0825. The van der Waals surface area contributed by atoms with E-state index in [-0.39, 0.29) is 12.5 Å². The minimum absolute atomic E-state index is 0.0825. The zero-order valence-corrected chi connectivity index (χ0v) is 9.45. The first-order chi connectivity index (χ1) is 7.59. The molecule has 5 heteroatoms. The zero-order chi connectivity index (χ0) is 12.0. The van der Waals surface area contributed by atoms with Crippen molar-refractivity contribution < 1.29 is 14.7 Å². The summed E-state index contributed by atoms with van der Waals surface area (Å²) in [7, 11) is 0. The fraction of sp³-hybridized carbons (Fsp3) is 0.818. The van der Waals surface area contributed by atoms with Crippen LogP contribution in [0.2, 0.25) is 0 Å². The lowest BCUT2D eigenvalue weighted by molar-refractivity contribution is -0.127. The highest BCUT2D eigenvalue weighted by Crippen LogP contribution is 2.25. The fourth-order valence-corrected chi connectivity index (χ4v) is 2.04. The molecule has 92 valence electrons. The molecule has 5 nitrogen and oxygen atoms in total. The number of amides is 2. The summed E-state index contributed by atoms with van der Waals surface area (Å²) in [6.07, 6.45) is 5.07. The van der Waals surface area contributed by atoms with Gasteiger partial charge in [-0.3, -0.25) is 9.59 Å². The van der Waals surface area contributed by atoms with E-state index in [1.165, 1.54) is 19.3 Å². The summed E-state index contributed by atoms with van der Waals surface area (Å²) in [6, 6.07) is 0. The number of hydrogen-bond acceptors (Lipinski definition) is 3. The molecule has 1 saturated carbocycles. The maximum Gasteiger partial charge on any atom is 0.248 e. The van der Waals surface area contributed by atoms with Crippen molar-refractivity contribution >= 4 is 11.8 Å². The Morgan fingerprint density at radius 3 is 2.50 bits per heavy atom. The van der Waals surface area contributed by atoms with E-state index in [0.717, 1.165) is 12.8 Å². The first-order valence-corrected chi connectivity index (χ1v) is 5.83. The largest absolute Gasteiger partial charge is 0.381 e. The molecule has 2 amide bonds. The van der Waals surface area contributed by atoms with E-state index in [4.69, 9.17) is 10.8 Å². The highest BCUT2D eigenvalue weighted by Gasteiger charge is 2.18. The molecule has 0 bridgehead atoms. The molecule has 4 N–H and O–H groups in total. The topological polar surface area (TPSA) is 92.4 Å². The third-order valence-corrected chi connectivity index (χ3v) is 3.02. The fourth-order valence-electron chi connectivity index (χ4n) is 2.04. The molecule has 1 rings (SSSR count). The van der Waals surface area contributed by atoms with Gasteiger partial charge in [-0.25, -0.2) is 0 Å². The van der Waals surface area contributed by atoms with Gasteiger partial charge in [-0.1, -0.05) is 19.3 Å². The number of nitrogens with two attached hydrogens (primary N) is 1. The van der Waals surface area contributed by atoms with E-state index in [1.54, 1.807) is 0 Å². The molecule has 16 heavy (non-hydrogen) atoms. The van der Waals surface area contributed by atoms with Gasteiger partial charge in [0.05, 0.1) is 6.54 Å². The number of aliphatic hydroxyl groups is 1. The van der Waals surface area contributed by atoms with Crippen LogP contribution in [0.25, 0.3) is 0 Å². The van der Waals surface area contributed by atoms with Crippen molar-refractivity contribution in [2.75, 3.05) is 6.54 Å². The second-order valence-electron chi connectivity index (χ2n) is 4.43. The molecule has 0 aliphatic heterocycles. The molecule has 1 aliphatic carbocycles. The first-order valence-electron chi connectivity index (χ1n) is 5.83. The van der Waals surface area contributed by atoms with E-state index in [1.807, 2.05) is 0 Å². The Morgan fingerprint density at radius 2 is 1.94 bits per heavy atom. The molecule has 0 spiro atoms. The Hall–Kier alpha value is -1.10.